The number of hydrogen-bond acceptors (Lipinski definition) is 7. The number of hydrazone groups is 1. The molecule has 0 aliphatic heterocycles. The van der Waals surface area contributed by atoms with Gasteiger partial charge in [-0.2, -0.15) is 10.4 Å². The third-order valence-electron chi connectivity index (χ3n) is 3.43. The van der Waals surface area contributed by atoms with E-state index in [9.17, 15) is 4.79 Å². The summed E-state index contributed by atoms with van der Waals surface area (Å²) in [5, 5.41) is 19.8. The summed E-state index contributed by atoms with van der Waals surface area (Å²) >= 11 is 0. The van der Waals surface area contributed by atoms with Gasteiger partial charge in [-0.25, -0.2) is 0 Å². The van der Waals surface area contributed by atoms with Crippen LogP contribution in [0.25, 0.3) is 0 Å². The molecular weight excluding hydrogens is 334 g/mol. The van der Waals surface area contributed by atoms with Crippen LogP contribution in [0.4, 0.5) is 5.69 Å². The number of nitrogens with two attached hydrogens (primary N) is 1. The Balaban J connectivity index is 2.28. The van der Waals surface area contributed by atoms with Gasteiger partial charge in [0.2, 0.25) is 5.71 Å². The summed E-state index contributed by atoms with van der Waals surface area (Å²) in [6.07, 6.45) is 0. The van der Waals surface area contributed by atoms with Crippen LogP contribution >= 0.6 is 0 Å². The van der Waals surface area contributed by atoms with E-state index in [0.717, 1.165) is 0 Å². The molecule has 0 aliphatic rings. The second-order valence-corrected chi connectivity index (χ2v) is 5.08. The van der Waals surface area contributed by atoms with Crippen molar-refractivity contribution in [2.24, 2.45) is 10.8 Å². The van der Waals surface area contributed by atoms with Gasteiger partial charge in [0.15, 0.2) is 23.1 Å². The van der Waals surface area contributed by atoms with Gasteiger partial charge in [-0.15, -0.1) is 0 Å². The molecule has 0 saturated heterocycles. The lowest BCUT2D eigenvalue weighted by molar-refractivity contribution is 0.103. The number of methoxy groups -OCH3 is 2. The molecule has 132 valence electrons. The van der Waals surface area contributed by atoms with Gasteiger partial charge >= 0.3 is 0 Å². The SMILES string of the molecule is COc1ccc(C(=O)c2cccc(N/N=C(\C#N)C(=N)N)c2)cc1OC. The van der Waals surface area contributed by atoms with Gasteiger partial charge in [0.1, 0.15) is 6.07 Å². The summed E-state index contributed by atoms with van der Waals surface area (Å²) < 4.78 is 10.4. The molecule has 26 heavy (non-hydrogen) atoms. The molecule has 8 heteroatoms. The Bertz CT molecular complexity index is 915. The standard InChI is InChI=1S/C18H17N5O3/c1-25-15-7-6-12(9-16(15)26-2)17(24)11-4-3-5-13(8-11)22-23-14(10-19)18(20)21/h3-9,22H,1-2H3,(H3,20,21)/b23-14+. The minimum absolute atomic E-state index is 0.217. The lowest BCUT2D eigenvalue weighted by Crippen LogP contribution is -2.21. The molecular formula is C18H17N5O3. The van der Waals surface area contributed by atoms with Crippen LogP contribution in [0.1, 0.15) is 15.9 Å². The fraction of sp³-hybridized carbons (Fsp3) is 0.111. The normalized spacial score (nSPS) is 10.6. The number of nitrogens with zero attached hydrogens (tertiary/aromatic N) is 2. The number of nitriles is 1. The van der Waals surface area contributed by atoms with Crippen LogP contribution in [0.15, 0.2) is 47.6 Å². The van der Waals surface area contributed by atoms with Crippen molar-refractivity contribution in [1.82, 2.24) is 0 Å². The van der Waals surface area contributed by atoms with Crippen molar-refractivity contribution < 1.29 is 14.3 Å². The molecule has 0 radical (unpaired) electrons. The van der Waals surface area contributed by atoms with E-state index in [4.69, 9.17) is 25.9 Å². The third kappa shape index (κ3) is 4.15. The number of benzene rings is 2. The molecule has 4 N–H and O–H groups in total. The van der Waals surface area contributed by atoms with Gasteiger partial charge in [-0.3, -0.25) is 15.6 Å². The monoisotopic (exact) mass is 351 g/mol. The van der Waals surface area contributed by atoms with E-state index in [0.29, 0.717) is 28.3 Å². The van der Waals surface area contributed by atoms with Gasteiger partial charge in [0.25, 0.3) is 0 Å². The van der Waals surface area contributed by atoms with Gasteiger partial charge < -0.3 is 15.2 Å². The second-order valence-electron chi connectivity index (χ2n) is 5.08. The van der Waals surface area contributed by atoms with Gasteiger partial charge in [0.05, 0.1) is 19.9 Å². The summed E-state index contributed by atoms with van der Waals surface area (Å²) in [4.78, 5) is 12.7. The maximum atomic E-state index is 12.7. The highest BCUT2D eigenvalue weighted by atomic mass is 16.5. The van der Waals surface area contributed by atoms with E-state index < -0.39 is 5.84 Å². The van der Waals surface area contributed by atoms with Gasteiger partial charge in [-0.1, -0.05) is 12.1 Å². The lowest BCUT2D eigenvalue weighted by atomic mass is 10.0. The highest BCUT2D eigenvalue weighted by Gasteiger charge is 2.13. The fourth-order valence-corrected chi connectivity index (χ4v) is 2.14. The lowest BCUT2D eigenvalue weighted by Gasteiger charge is -2.09. The van der Waals surface area contributed by atoms with E-state index in [1.54, 1.807) is 48.5 Å². The van der Waals surface area contributed by atoms with E-state index in [1.165, 1.54) is 14.2 Å². The Hall–Kier alpha value is -3.86. The molecule has 2 rings (SSSR count). The van der Waals surface area contributed by atoms with Crippen molar-refractivity contribution >= 4 is 23.0 Å². The zero-order valence-electron chi connectivity index (χ0n) is 14.2. The number of carbonyl (C=O) groups is 1. The van der Waals surface area contributed by atoms with Crippen LogP contribution < -0.4 is 20.6 Å². The minimum atomic E-state index is -0.447. The van der Waals surface area contributed by atoms with E-state index >= 15 is 0 Å². The smallest absolute Gasteiger partial charge is 0.201 e. The van der Waals surface area contributed by atoms with Crippen LogP contribution in [0, 0.1) is 16.7 Å². The number of rotatable bonds is 7. The first-order valence-corrected chi connectivity index (χ1v) is 7.45. The van der Waals surface area contributed by atoms with E-state index in [-0.39, 0.29) is 11.5 Å². The molecule has 0 heterocycles. The predicted molar refractivity (Wildman–Crippen MR) is 98.0 cm³/mol. The van der Waals surface area contributed by atoms with E-state index in [1.807, 2.05) is 0 Å². The number of anilines is 1. The fourth-order valence-electron chi connectivity index (χ4n) is 2.14. The number of nitrogens with one attached hydrogen (secondary N) is 2. The summed E-state index contributed by atoms with van der Waals surface area (Å²) in [6.45, 7) is 0. The van der Waals surface area contributed by atoms with Crippen LogP contribution in [0.3, 0.4) is 0 Å². The Morgan fingerprint density at radius 1 is 1.15 bits per heavy atom. The Kier molecular flexibility index (Phi) is 5.90. The highest BCUT2D eigenvalue weighted by molar-refractivity contribution is 6.45. The van der Waals surface area contributed by atoms with Crippen molar-refractivity contribution in [3.05, 3.63) is 53.6 Å². The number of hydrogen-bond donors (Lipinski definition) is 3. The summed E-state index contributed by atoms with van der Waals surface area (Å²) in [7, 11) is 3.02. The largest absolute Gasteiger partial charge is 0.493 e. The molecule has 0 bridgehead atoms. The van der Waals surface area contributed by atoms with Crippen LogP contribution in [-0.2, 0) is 0 Å². The first-order valence-electron chi connectivity index (χ1n) is 7.45. The quantitative estimate of drug-likeness (QED) is 0.303. The Morgan fingerprint density at radius 2 is 1.85 bits per heavy atom. The number of carbonyl (C=O) groups excluding carboxylic acids is 1. The maximum absolute atomic E-state index is 12.7. The van der Waals surface area contributed by atoms with Crippen LogP contribution in [0.2, 0.25) is 0 Å². The Labute approximate surface area is 150 Å². The summed E-state index contributed by atoms with van der Waals surface area (Å²) in [5.41, 5.74) is 8.92. The average molecular weight is 351 g/mol. The first kappa shape index (κ1) is 18.5. The highest BCUT2D eigenvalue weighted by Crippen LogP contribution is 2.28. The molecule has 0 amide bonds. The number of ether oxygens (including phenoxy) is 2. The van der Waals surface area contributed by atoms with Gasteiger partial charge in [-0.05, 0) is 30.3 Å². The number of amidine groups is 1. The Morgan fingerprint density at radius 3 is 2.46 bits per heavy atom. The van der Waals surface area contributed by atoms with Crippen molar-refractivity contribution in [2.75, 3.05) is 19.6 Å². The average Bonchev–Trinajstić information content (AvgIpc) is 2.67. The second kappa shape index (κ2) is 8.30. The van der Waals surface area contributed by atoms with Crippen LogP contribution in [0.5, 0.6) is 11.5 Å². The van der Waals surface area contributed by atoms with Gasteiger partial charge in [0, 0.05) is 11.1 Å². The van der Waals surface area contributed by atoms with Crippen molar-refractivity contribution in [3.63, 3.8) is 0 Å². The summed E-state index contributed by atoms with van der Waals surface area (Å²) in [6, 6.07) is 13.2. The predicted octanol–water partition coefficient (Wildman–Crippen LogP) is 2.16. The molecule has 0 spiro atoms. The van der Waals surface area contributed by atoms with E-state index in [2.05, 4.69) is 10.5 Å². The zero-order valence-corrected chi connectivity index (χ0v) is 14.2. The maximum Gasteiger partial charge on any atom is 0.201 e. The summed E-state index contributed by atoms with van der Waals surface area (Å²) in [5.74, 6) is 0.322. The molecule has 2 aromatic rings. The third-order valence-corrected chi connectivity index (χ3v) is 3.43. The molecule has 0 aliphatic carbocycles. The molecule has 2 aromatic carbocycles. The molecule has 0 fully saturated rings. The molecule has 0 aromatic heterocycles. The molecule has 0 unspecified atom stereocenters. The minimum Gasteiger partial charge on any atom is -0.493 e. The molecule has 0 saturated carbocycles. The van der Waals surface area contributed by atoms with Crippen molar-refractivity contribution in [1.29, 1.82) is 10.7 Å². The van der Waals surface area contributed by atoms with Crippen molar-refractivity contribution in [2.45, 2.75) is 0 Å². The molecule has 0 atom stereocenters. The zero-order chi connectivity index (χ0) is 19.1. The first-order chi connectivity index (χ1) is 12.5. The number of ketones is 1. The topological polar surface area (TPSA) is 134 Å². The van der Waals surface area contributed by atoms with Crippen LogP contribution in [-0.4, -0.2) is 31.6 Å². The molecule has 8 nitrogen and oxygen atoms in total. The van der Waals surface area contributed by atoms with Crippen molar-refractivity contribution in [3.8, 4) is 17.6 Å².